The van der Waals surface area contributed by atoms with Gasteiger partial charge in [0.15, 0.2) is 0 Å². The predicted octanol–water partition coefficient (Wildman–Crippen LogP) is 1.00. The number of fused-ring (bicyclic) bond motifs is 1. The maximum Gasteiger partial charge on any atom is 0.355 e. The molecule has 0 aromatic heterocycles. The summed E-state index contributed by atoms with van der Waals surface area (Å²) in [5.41, 5.74) is 6.47. The van der Waals surface area contributed by atoms with Crippen molar-refractivity contribution in [2.24, 2.45) is 5.73 Å². The zero-order valence-electron chi connectivity index (χ0n) is 13.1. The smallest absolute Gasteiger partial charge is 0.355 e. The Kier molecular flexibility index (Phi) is 3.99. The Morgan fingerprint density at radius 3 is 2.77 bits per heavy atom. The molecule has 3 aliphatic rings. The van der Waals surface area contributed by atoms with Crippen LogP contribution in [0.25, 0.3) is 0 Å². The Morgan fingerprint density at radius 1 is 1.45 bits per heavy atom. The minimum atomic E-state index is -0.609. The fourth-order valence-corrected chi connectivity index (χ4v) is 4.31. The fourth-order valence-electron chi connectivity index (χ4n) is 2.95. The van der Waals surface area contributed by atoms with E-state index in [1.165, 1.54) is 4.90 Å². The lowest BCUT2D eigenvalue weighted by atomic mass is 9.99. The number of ether oxygens (including phenoxy) is 2. The number of hydrogen-bond acceptors (Lipinski definition) is 6. The van der Waals surface area contributed by atoms with Crippen LogP contribution in [0.4, 0.5) is 0 Å². The lowest BCUT2D eigenvalue weighted by molar-refractivity contribution is -0.158. The third-order valence-electron chi connectivity index (χ3n) is 3.95. The van der Waals surface area contributed by atoms with Crippen molar-refractivity contribution in [3.8, 4) is 0 Å². The Hall–Kier alpha value is -1.05. The van der Waals surface area contributed by atoms with Crippen molar-refractivity contribution in [1.82, 2.24) is 4.90 Å². The largest absolute Gasteiger partial charge is 0.455 e. The van der Waals surface area contributed by atoms with E-state index in [0.29, 0.717) is 18.1 Å². The molecule has 0 aromatic carbocycles. The molecule has 2 N–H and O–H groups in total. The zero-order valence-corrected chi connectivity index (χ0v) is 13.9. The first-order valence-electron chi connectivity index (χ1n) is 7.58. The van der Waals surface area contributed by atoms with E-state index in [0.717, 1.165) is 18.4 Å². The molecule has 0 aromatic rings. The Morgan fingerprint density at radius 2 is 2.18 bits per heavy atom. The molecule has 0 bridgehead atoms. The van der Waals surface area contributed by atoms with Gasteiger partial charge in [0.05, 0.1) is 6.10 Å². The third kappa shape index (κ3) is 2.66. The summed E-state index contributed by atoms with van der Waals surface area (Å²) in [5.74, 6) is -0.0152. The predicted molar refractivity (Wildman–Crippen MR) is 82.9 cm³/mol. The number of nitrogens with two attached hydrogens (primary N) is 1. The van der Waals surface area contributed by atoms with Gasteiger partial charge in [0.1, 0.15) is 22.7 Å². The monoisotopic (exact) mass is 326 g/mol. The summed E-state index contributed by atoms with van der Waals surface area (Å²) in [7, 11) is 0. The van der Waals surface area contributed by atoms with Crippen molar-refractivity contribution in [2.45, 2.75) is 56.7 Å². The van der Waals surface area contributed by atoms with Crippen LogP contribution in [0.5, 0.6) is 0 Å². The molecule has 3 rings (SSSR count). The first-order valence-corrected chi connectivity index (χ1v) is 8.63. The summed E-state index contributed by atoms with van der Waals surface area (Å²) >= 11 is 1.59. The maximum atomic E-state index is 12.6. The first kappa shape index (κ1) is 15.8. The van der Waals surface area contributed by atoms with Crippen molar-refractivity contribution >= 4 is 23.6 Å². The number of thioether (sulfide) groups is 1. The molecular weight excluding hydrogens is 304 g/mol. The van der Waals surface area contributed by atoms with Crippen LogP contribution in [-0.4, -0.2) is 52.3 Å². The van der Waals surface area contributed by atoms with E-state index >= 15 is 0 Å². The Bertz CT molecular complexity index is 534. The van der Waals surface area contributed by atoms with Crippen molar-refractivity contribution < 1.29 is 19.1 Å². The topological polar surface area (TPSA) is 81.9 Å². The van der Waals surface area contributed by atoms with Crippen molar-refractivity contribution in [1.29, 1.82) is 0 Å². The molecule has 6 nitrogen and oxygen atoms in total. The lowest BCUT2D eigenvalue weighted by Gasteiger charge is -2.49. The molecule has 0 aliphatic carbocycles. The van der Waals surface area contributed by atoms with E-state index in [1.807, 2.05) is 20.8 Å². The summed E-state index contributed by atoms with van der Waals surface area (Å²) in [4.78, 5) is 26.3. The van der Waals surface area contributed by atoms with Crippen molar-refractivity contribution in [3.63, 3.8) is 0 Å². The van der Waals surface area contributed by atoms with Crippen LogP contribution in [0, 0.1) is 0 Å². The van der Waals surface area contributed by atoms with E-state index in [-0.39, 0.29) is 17.4 Å². The van der Waals surface area contributed by atoms with Crippen LogP contribution in [0.1, 0.15) is 33.6 Å². The average molecular weight is 326 g/mol. The summed E-state index contributed by atoms with van der Waals surface area (Å²) in [6, 6.07) is -0.534. The SMILES string of the molecule is CC(C)(C)OC(=O)C1=C(C2CCCO2)CS[C@@H]2[C@H](N)C(=O)N12. The fraction of sp³-hybridized carbons (Fsp3) is 0.733. The van der Waals surface area contributed by atoms with Gasteiger partial charge in [0.2, 0.25) is 5.91 Å². The molecule has 3 heterocycles. The quantitative estimate of drug-likeness (QED) is 0.602. The molecule has 3 atom stereocenters. The Balaban J connectivity index is 1.95. The second kappa shape index (κ2) is 5.54. The summed E-state index contributed by atoms with van der Waals surface area (Å²) < 4.78 is 11.2. The van der Waals surface area contributed by atoms with Gasteiger partial charge in [-0.1, -0.05) is 0 Å². The molecule has 7 heteroatoms. The molecule has 1 amide bonds. The van der Waals surface area contributed by atoms with Crippen LogP contribution in [0.15, 0.2) is 11.3 Å². The number of rotatable bonds is 2. The second-order valence-electron chi connectivity index (χ2n) is 6.81. The van der Waals surface area contributed by atoms with E-state index in [4.69, 9.17) is 15.2 Å². The van der Waals surface area contributed by atoms with Gasteiger partial charge in [-0.15, -0.1) is 11.8 Å². The highest BCUT2D eigenvalue weighted by Crippen LogP contribution is 2.42. The van der Waals surface area contributed by atoms with E-state index < -0.39 is 17.6 Å². The van der Waals surface area contributed by atoms with Crippen LogP contribution >= 0.6 is 11.8 Å². The van der Waals surface area contributed by atoms with Gasteiger partial charge in [-0.25, -0.2) is 4.79 Å². The summed E-state index contributed by atoms with van der Waals surface area (Å²) in [5, 5.41) is -0.167. The third-order valence-corrected chi connectivity index (χ3v) is 5.27. The normalized spacial score (nSPS) is 31.9. The van der Waals surface area contributed by atoms with Gasteiger partial charge in [-0.3, -0.25) is 9.69 Å². The van der Waals surface area contributed by atoms with Gasteiger partial charge in [0, 0.05) is 12.4 Å². The van der Waals surface area contributed by atoms with Crippen LogP contribution in [-0.2, 0) is 19.1 Å². The number of carbonyl (C=O) groups excluding carboxylic acids is 2. The molecular formula is C15H22N2O4S. The molecule has 2 saturated heterocycles. The standard InChI is InChI=1S/C15H22N2O4S/c1-15(2,3)21-14(19)11-8(9-5-4-6-20-9)7-22-13-10(16)12(18)17(11)13/h9-10,13H,4-7,16H2,1-3H3/t9?,10-,13-/m1/s1. The van der Waals surface area contributed by atoms with Gasteiger partial charge in [-0.2, -0.15) is 0 Å². The number of β-lactam (4-membered cyclic amide) rings is 1. The van der Waals surface area contributed by atoms with Gasteiger partial charge < -0.3 is 15.2 Å². The Labute approximate surface area is 134 Å². The molecule has 0 spiro atoms. The number of amides is 1. The minimum absolute atomic E-state index is 0.0967. The lowest BCUT2D eigenvalue weighted by Crippen LogP contribution is -2.69. The summed E-state index contributed by atoms with van der Waals surface area (Å²) in [6.07, 6.45) is 1.75. The van der Waals surface area contributed by atoms with Crippen LogP contribution < -0.4 is 5.73 Å². The minimum Gasteiger partial charge on any atom is -0.455 e. The van der Waals surface area contributed by atoms with E-state index in [1.54, 1.807) is 11.8 Å². The molecule has 0 radical (unpaired) electrons. The van der Waals surface area contributed by atoms with Gasteiger partial charge in [-0.05, 0) is 39.2 Å². The van der Waals surface area contributed by atoms with Crippen LogP contribution in [0.3, 0.4) is 0 Å². The number of hydrogen-bond donors (Lipinski definition) is 1. The zero-order chi connectivity index (χ0) is 16.1. The maximum absolute atomic E-state index is 12.6. The highest BCUT2D eigenvalue weighted by atomic mass is 32.2. The molecule has 1 unspecified atom stereocenters. The highest BCUT2D eigenvalue weighted by molar-refractivity contribution is 8.00. The van der Waals surface area contributed by atoms with Crippen molar-refractivity contribution in [2.75, 3.05) is 12.4 Å². The molecule has 0 saturated carbocycles. The average Bonchev–Trinajstić information content (AvgIpc) is 2.97. The van der Waals surface area contributed by atoms with Gasteiger partial charge >= 0.3 is 5.97 Å². The summed E-state index contributed by atoms with van der Waals surface area (Å²) in [6.45, 7) is 6.14. The molecule has 22 heavy (non-hydrogen) atoms. The molecule has 3 aliphatic heterocycles. The number of esters is 1. The van der Waals surface area contributed by atoms with E-state index in [9.17, 15) is 9.59 Å². The second-order valence-corrected chi connectivity index (χ2v) is 7.92. The molecule has 122 valence electrons. The molecule has 2 fully saturated rings. The highest BCUT2D eigenvalue weighted by Gasteiger charge is 2.53. The van der Waals surface area contributed by atoms with Crippen molar-refractivity contribution in [3.05, 3.63) is 11.3 Å². The van der Waals surface area contributed by atoms with Gasteiger partial charge in [0.25, 0.3) is 0 Å². The number of carbonyl (C=O) groups is 2. The van der Waals surface area contributed by atoms with Crippen LogP contribution in [0.2, 0.25) is 0 Å². The van der Waals surface area contributed by atoms with E-state index in [2.05, 4.69) is 0 Å². The first-order chi connectivity index (χ1) is 10.3. The number of nitrogens with zero attached hydrogens (tertiary/aromatic N) is 1.